The van der Waals surface area contributed by atoms with Crippen molar-refractivity contribution in [2.24, 2.45) is 0 Å². The number of hydrogen-bond acceptors (Lipinski definition) is 7. The number of ether oxygens (including phenoxy) is 3. The largest absolute Gasteiger partial charge is 0.493 e. The molecule has 0 saturated carbocycles. The molecule has 1 aliphatic heterocycles. The van der Waals surface area contributed by atoms with Crippen molar-refractivity contribution in [1.29, 1.82) is 0 Å². The van der Waals surface area contributed by atoms with Gasteiger partial charge in [-0.25, -0.2) is 4.79 Å². The number of benzene rings is 3. The van der Waals surface area contributed by atoms with Crippen LogP contribution in [0.2, 0.25) is 0 Å². The number of rotatable bonds is 8. The maximum atomic E-state index is 13.6. The summed E-state index contributed by atoms with van der Waals surface area (Å²) < 4.78 is 15.8. The number of anilines is 2. The van der Waals surface area contributed by atoms with Crippen molar-refractivity contribution in [2.75, 3.05) is 30.1 Å². The molecule has 0 aromatic heterocycles. The Hall–Kier alpha value is -4.50. The zero-order valence-electron chi connectivity index (χ0n) is 20.2. The fourth-order valence-corrected chi connectivity index (χ4v) is 4.12. The van der Waals surface area contributed by atoms with Crippen molar-refractivity contribution >= 4 is 52.6 Å². The fraction of sp³-hybridized carbons (Fsp3) is 0.143. The molecule has 4 rings (SSSR count). The number of para-hydroxylation sites is 2. The topological polar surface area (TPSA) is 85.4 Å². The Bertz CT molecular complexity index is 1290. The normalized spacial score (nSPS) is 13.5. The third-order valence-corrected chi connectivity index (χ3v) is 5.79. The van der Waals surface area contributed by atoms with Gasteiger partial charge in [0.15, 0.2) is 23.2 Å². The fourth-order valence-electron chi connectivity index (χ4n) is 3.74. The van der Waals surface area contributed by atoms with Crippen LogP contribution in [0, 0.1) is 0 Å². The molecule has 3 aromatic carbocycles. The molecule has 0 aliphatic carbocycles. The summed E-state index contributed by atoms with van der Waals surface area (Å²) in [5, 5.41) is 0.0535. The Morgan fingerprint density at radius 2 is 1.43 bits per heavy atom. The molecule has 0 spiro atoms. The van der Waals surface area contributed by atoms with Crippen LogP contribution in [0.25, 0.3) is 6.08 Å². The SMILES string of the molecule is CCOC(=O)COc1cc(C=C2C(=O)N(c3ccccc3)C(=S)N(c3ccccc3)C2=O)ccc1OC. The maximum Gasteiger partial charge on any atom is 0.344 e. The molecule has 1 fully saturated rings. The first-order chi connectivity index (χ1) is 17.9. The van der Waals surface area contributed by atoms with Gasteiger partial charge >= 0.3 is 5.97 Å². The summed E-state index contributed by atoms with van der Waals surface area (Å²) in [6, 6.07) is 22.7. The van der Waals surface area contributed by atoms with Crippen molar-refractivity contribution in [3.8, 4) is 11.5 Å². The molecular formula is C28H24N2O6S. The molecule has 188 valence electrons. The van der Waals surface area contributed by atoms with Gasteiger partial charge in [0.2, 0.25) is 0 Å². The van der Waals surface area contributed by atoms with Crippen molar-refractivity contribution in [2.45, 2.75) is 6.92 Å². The molecule has 8 nitrogen and oxygen atoms in total. The second-order valence-corrected chi connectivity index (χ2v) is 8.16. The van der Waals surface area contributed by atoms with E-state index < -0.39 is 17.8 Å². The summed E-state index contributed by atoms with van der Waals surface area (Å²) in [7, 11) is 1.47. The molecule has 1 saturated heterocycles. The van der Waals surface area contributed by atoms with E-state index in [9.17, 15) is 14.4 Å². The zero-order chi connectivity index (χ0) is 26.4. The summed E-state index contributed by atoms with van der Waals surface area (Å²) in [5.41, 5.74) is 1.46. The van der Waals surface area contributed by atoms with Crippen molar-refractivity contribution < 1.29 is 28.6 Å². The predicted octanol–water partition coefficient (Wildman–Crippen LogP) is 4.39. The second kappa shape index (κ2) is 11.5. The Morgan fingerprint density at radius 3 is 1.95 bits per heavy atom. The number of hydrogen-bond donors (Lipinski definition) is 0. The van der Waals surface area contributed by atoms with E-state index in [-0.39, 0.29) is 29.6 Å². The molecule has 3 aromatic rings. The number of carbonyl (C=O) groups excluding carboxylic acids is 3. The van der Waals surface area contributed by atoms with E-state index >= 15 is 0 Å². The van der Waals surface area contributed by atoms with Crippen LogP contribution in [-0.4, -0.2) is 43.2 Å². The highest BCUT2D eigenvalue weighted by molar-refractivity contribution is 7.81. The van der Waals surface area contributed by atoms with Crippen LogP contribution in [0.4, 0.5) is 11.4 Å². The van der Waals surface area contributed by atoms with Crippen molar-refractivity contribution in [3.05, 3.63) is 90.0 Å². The maximum absolute atomic E-state index is 13.6. The van der Waals surface area contributed by atoms with Gasteiger partial charge in [-0.2, -0.15) is 0 Å². The average Bonchev–Trinajstić information content (AvgIpc) is 2.91. The molecule has 0 N–H and O–H groups in total. The van der Waals surface area contributed by atoms with E-state index in [1.165, 1.54) is 23.0 Å². The highest BCUT2D eigenvalue weighted by Gasteiger charge is 2.41. The van der Waals surface area contributed by atoms with E-state index in [0.29, 0.717) is 22.7 Å². The van der Waals surface area contributed by atoms with Gasteiger partial charge in [-0.1, -0.05) is 42.5 Å². The lowest BCUT2D eigenvalue weighted by molar-refractivity contribution is -0.145. The molecule has 1 heterocycles. The van der Waals surface area contributed by atoms with Crippen LogP contribution >= 0.6 is 12.2 Å². The summed E-state index contributed by atoms with van der Waals surface area (Å²) in [4.78, 5) is 41.7. The summed E-state index contributed by atoms with van der Waals surface area (Å²) >= 11 is 5.62. The predicted molar refractivity (Wildman–Crippen MR) is 144 cm³/mol. The smallest absolute Gasteiger partial charge is 0.344 e. The number of methoxy groups -OCH3 is 1. The van der Waals surface area contributed by atoms with Crippen LogP contribution in [0.15, 0.2) is 84.4 Å². The lowest BCUT2D eigenvalue weighted by Gasteiger charge is -2.36. The van der Waals surface area contributed by atoms with Crippen LogP contribution in [0.1, 0.15) is 12.5 Å². The van der Waals surface area contributed by atoms with Gasteiger partial charge in [0.05, 0.1) is 25.1 Å². The molecule has 0 radical (unpaired) electrons. The highest BCUT2D eigenvalue weighted by Crippen LogP contribution is 2.32. The van der Waals surface area contributed by atoms with Gasteiger partial charge in [0, 0.05) is 0 Å². The monoisotopic (exact) mass is 516 g/mol. The summed E-state index contributed by atoms with van der Waals surface area (Å²) in [6.45, 7) is 1.61. The number of carbonyl (C=O) groups is 3. The quantitative estimate of drug-likeness (QED) is 0.190. The Balaban J connectivity index is 1.76. The second-order valence-electron chi connectivity index (χ2n) is 7.80. The van der Waals surface area contributed by atoms with Gasteiger partial charge < -0.3 is 14.2 Å². The molecule has 37 heavy (non-hydrogen) atoms. The van der Waals surface area contributed by atoms with Crippen LogP contribution in [-0.2, 0) is 19.1 Å². The molecule has 0 unspecified atom stereocenters. The number of esters is 1. The average molecular weight is 517 g/mol. The first-order valence-electron chi connectivity index (χ1n) is 11.5. The van der Waals surface area contributed by atoms with E-state index in [0.717, 1.165) is 0 Å². The minimum absolute atomic E-state index is 0.0535. The van der Waals surface area contributed by atoms with E-state index in [4.69, 9.17) is 26.4 Å². The molecular weight excluding hydrogens is 492 g/mol. The molecule has 0 bridgehead atoms. The Labute approximate surface area is 219 Å². The number of thiocarbonyl (C=S) groups is 1. The van der Waals surface area contributed by atoms with Gasteiger partial charge in [0.25, 0.3) is 11.8 Å². The molecule has 2 amide bonds. The van der Waals surface area contributed by atoms with E-state index in [1.807, 2.05) is 12.1 Å². The van der Waals surface area contributed by atoms with Gasteiger partial charge in [-0.3, -0.25) is 19.4 Å². The van der Waals surface area contributed by atoms with Crippen LogP contribution in [0.5, 0.6) is 11.5 Å². The number of nitrogens with zero attached hydrogens (tertiary/aromatic N) is 2. The third kappa shape index (κ3) is 5.52. The van der Waals surface area contributed by atoms with Gasteiger partial charge in [-0.15, -0.1) is 0 Å². The van der Waals surface area contributed by atoms with Crippen LogP contribution in [0.3, 0.4) is 0 Å². The highest BCUT2D eigenvalue weighted by atomic mass is 32.1. The molecule has 1 aliphatic rings. The number of amides is 2. The zero-order valence-corrected chi connectivity index (χ0v) is 21.1. The lowest BCUT2D eigenvalue weighted by atomic mass is 10.0. The Morgan fingerprint density at radius 1 is 0.865 bits per heavy atom. The summed E-state index contributed by atoms with van der Waals surface area (Å²) in [5.74, 6) is -1.01. The summed E-state index contributed by atoms with van der Waals surface area (Å²) in [6.07, 6.45) is 1.47. The van der Waals surface area contributed by atoms with Crippen molar-refractivity contribution in [3.63, 3.8) is 0 Å². The Kier molecular flexibility index (Phi) is 7.95. The minimum atomic E-state index is -0.557. The first kappa shape index (κ1) is 25.6. The van der Waals surface area contributed by atoms with E-state index in [1.54, 1.807) is 73.7 Å². The van der Waals surface area contributed by atoms with E-state index in [2.05, 4.69) is 0 Å². The van der Waals surface area contributed by atoms with Gasteiger partial charge in [-0.05, 0) is 67.2 Å². The van der Waals surface area contributed by atoms with Crippen LogP contribution < -0.4 is 19.3 Å². The van der Waals surface area contributed by atoms with Crippen molar-refractivity contribution in [1.82, 2.24) is 0 Å². The third-order valence-electron chi connectivity index (χ3n) is 5.43. The molecule has 0 atom stereocenters. The first-order valence-corrected chi connectivity index (χ1v) is 11.9. The minimum Gasteiger partial charge on any atom is -0.493 e. The lowest BCUT2D eigenvalue weighted by Crippen LogP contribution is -2.56. The molecule has 9 heteroatoms. The van der Waals surface area contributed by atoms with Gasteiger partial charge in [0.1, 0.15) is 5.57 Å². The standard InChI is InChI=1S/C28H24N2O6S/c1-3-35-25(31)18-36-24-17-19(14-15-23(24)34-2)16-22-26(32)29(20-10-6-4-7-11-20)28(37)30(27(22)33)21-12-8-5-9-13-21/h4-17H,3,18H2,1-2H3.